The van der Waals surface area contributed by atoms with Crippen LogP contribution in [0, 0.1) is 0 Å². The van der Waals surface area contributed by atoms with E-state index < -0.39 is 0 Å². The van der Waals surface area contributed by atoms with E-state index in [9.17, 15) is 0 Å². The second-order valence-electron chi connectivity index (χ2n) is 15.7. The summed E-state index contributed by atoms with van der Waals surface area (Å²) in [7, 11) is 0. The Kier molecular flexibility index (Phi) is 19.8. The van der Waals surface area contributed by atoms with Gasteiger partial charge in [0, 0.05) is 23.7 Å². The van der Waals surface area contributed by atoms with Crippen LogP contribution in [0.3, 0.4) is 0 Å². The summed E-state index contributed by atoms with van der Waals surface area (Å²) in [6, 6.07) is 36.0. The quantitative estimate of drug-likeness (QED) is 0.110. The van der Waals surface area contributed by atoms with Crippen molar-refractivity contribution in [2.24, 2.45) is 0 Å². The third-order valence-corrected chi connectivity index (χ3v) is 14.5. The standard InChI is InChI=1S/2C26H30S.2ClH.Zr/c2*1-3-5-13-23-21-15-9-7-11-19(21)17-25(23)27-26-18-20-12-8-10-16-22(20)24(26)14-6-4-2;;;/h2*7-12,15-18,23-24H,3-6,13-14H2,1-2H3;2*1H;/q;;;;+2/p-2. The summed E-state index contributed by atoms with van der Waals surface area (Å²) in [5, 5.41) is 0. The second-order valence-corrected chi connectivity index (χ2v) is 18.0. The Labute approximate surface area is 385 Å². The van der Waals surface area contributed by atoms with Gasteiger partial charge in [0.2, 0.25) is 0 Å². The molecular formula is C52H60Cl2S2Zr. The molecule has 4 aromatic carbocycles. The molecule has 0 heterocycles. The van der Waals surface area contributed by atoms with E-state index in [0.717, 1.165) is 0 Å². The Morgan fingerprint density at radius 2 is 0.561 bits per heavy atom. The minimum absolute atomic E-state index is 0. The van der Waals surface area contributed by atoms with Crippen LogP contribution >= 0.6 is 23.5 Å². The van der Waals surface area contributed by atoms with Gasteiger partial charge in [0.05, 0.1) is 0 Å². The maximum Gasteiger partial charge on any atom is 2.00 e. The Hall–Kier alpha value is -2.00. The Balaban J connectivity index is 0.000000240. The Morgan fingerprint density at radius 1 is 0.351 bits per heavy atom. The first-order valence-electron chi connectivity index (χ1n) is 21.2. The fourth-order valence-corrected chi connectivity index (χ4v) is 11.8. The summed E-state index contributed by atoms with van der Waals surface area (Å²) in [4.78, 5) is 6.24. The SMILES string of the molecule is CCCCC1C(SC2=Cc3ccccc3C2CCCC)=Cc2ccccc21.CCCCC1C(SC2=Cc3ccccc3C2CCCC)=Cc2ccccc21.[Cl-].[Cl-].[Zr+2]. The van der Waals surface area contributed by atoms with Gasteiger partial charge in [-0.2, -0.15) is 0 Å². The summed E-state index contributed by atoms with van der Waals surface area (Å²) in [5.41, 5.74) is 11.9. The van der Waals surface area contributed by atoms with Crippen molar-refractivity contribution >= 4 is 47.8 Å². The molecule has 0 saturated carbocycles. The van der Waals surface area contributed by atoms with Crippen LogP contribution in [0.5, 0.6) is 0 Å². The first-order chi connectivity index (χ1) is 26.6. The molecule has 8 rings (SSSR count). The maximum absolute atomic E-state index is 2.46. The summed E-state index contributed by atoms with van der Waals surface area (Å²) in [5.74, 6) is 2.34. The van der Waals surface area contributed by atoms with Crippen LogP contribution in [-0.2, 0) is 26.2 Å². The Bertz CT molecular complexity index is 1740. The molecule has 4 aliphatic carbocycles. The molecular weight excluding hydrogens is 851 g/mol. The van der Waals surface area contributed by atoms with Crippen LogP contribution in [0.25, 0.3) is 24.3 Å². The fourth-order valence-electron chi connectivity index (χ4n) is 8.97. The third-order valence-electron chi connectivity index (χ3n) is 11.9. The minimum atomic E-state index is 0. The van der Waals surface area contributed by atoms with Gasteiger partial charge in [0.25, 0.3) is 0 Å². The molecule has 0 nitrogen and oxygen atoms in total. The Morgan fingerprint density at radius 3 is 0.772 bits per heavy atom. The number of allylic oxidation sites excluding steroid dienone is 4. The molecule has 0 aromatic heterocycles. The average molecular weight is 911 g/mol. The molecule has 4 aliphatic rings. The molecule has 0 bridgehead atoms. The van der Waals surface area contributed by atoms with E-state index in [0.29, 0.717) is 23.7 Å². The summed E-state index contributed by atoms with van der Waals surface area (Å²) < 4.78 is 0. The smallest absolute Gasteiger partial charge is 1.00 e. The second kappa shape index (κ2) is 23.7. The molecule has 4 unspecified atom stereocenters. The molecule has 0 amide bonds. The number of hydrogen-bond donors (Lipinski definition) is 0. The molecule has 0 saturated heterocycles. The van der Waals surface area contributed by atoms with Crippen LogP contribution < -0.4 is 24.8 Å². The average Bonchev–Trinajstić information content (AvgIpc) is 3.94. The van der Waals surface area contributed by atoms with E-state index in [4.69, 9.17) is 0 Å². The fraction of sp³-hybridized carbons (Fsp3) is 0.385. The number of thioether (sulfide) groups is 2. The first-order valence-corrected chi connectivity index (χ1v) is 22.8. The molecule has 57 heavy (non-hydrogen) atoms. The maximum atomic E-state index is 2.46. The van der Waals surface area contributed by atoms with Gasteiger partial charge in [-0.3, -0.25) is 0 Å². The van der Waals surface area contributed by atoms with Crippen molar-refractivity contribution in [1.29, 1.82) is 0 Å². The van der Waals surface area contributed by atoms with Gasteiger partial charge in [-0.1, -0.05) is 200 Å². The molecule has 0 spiro atoms. The van der Waals surface area contributed by atoms with Crippen LogP contribution in [0.15, 0.2) is 117 Å². The third kappa shape index (κ3) is 11.2. The molecule has 4 atom stereocenters. The van der Waals surface area contributed by atoms with Gasteiger partial charge in [0.1, 0.15) is 0 Å². The van der Waals surface area contributed by atoms with E-state index in [1.54, 1.807) is 19.6 Å². The van der Waals surface area contributed by atoms with Crippen molar-refractivity contribution in [3.63, 3.8) is 0 Å². The monoisotopic (exact) mass is 908 g/mol. The van der Waals surface area contributed by atoms with Gasteiger partial charge in [-0.05, 0) is 114 Å². The molecule has 0 radical (unpaired) electrons. The van der Waals surface area contributed by atoms with E-state index in [1.165, 1.54) is 122 Å². The summed E-state index contributed by atoms with van der Waals surface area (Å²) >= 11 is 4.13. The van der Waals surface area contributed by atoms with E-state index >= 15 is 0 Å². The molecule has 0 fully saturated rings. The number of hydrogen-bond acceptors (Lipinski definition) is 2. The van der Waals surface area contributed by atoms with Crippen molar-refractivity contribution in [1.82, 2.24) is 0 Å². The predicted molar refractivity (Wildman–Crippen MR) is 242 cm³/mol. The minimum Gasteiger partial charge on any atom is -1.00 e. The molecule has 5 heteroatoms. The van der Waals surface area contributed by atoms with Crippen molar-refractivity contribution in [3.05, 3.63) is 161 Å². The molecule has 298 valence electrons. The summed E-state index contributed by atoms with van der Waals surface area (Å²) in [6.07, 6.45) is 25.2. The van der Waals surface area contributed by atoms with Crippen molar-refractivity contribution < 1.29 is 51.0 Å². The van der Waals surface area contributed by atoms with Gasteiger partial charge >= 0.3 is 26.2 Å². The largest absolute Gasteiger partial charge is 2.00 e. The van der Waals surface area contributed by atoms with Gasteiger partial charge in [-0.25, -0.2) is 0 Å². The number of fused-ring (bicyclic) bond motifs is 4. The zero-order valence-electron chi connectivity index (χ0n) is 34.4. The first kappa shape index (κ1) is 47.7. The van der Waals surface area contributed by atoms with Gasteiger partial charge in [-0.15, -0.1) is 0 Å². The number of halogens is 2. The van der Waals surface area contributed by atoms with Crippen LogP contribution in [0.2, 0.25) is 0 Å². The van der Waals surface area contributed by atoms with Gasteiger partial charge in [0.15, 0.2) is 0 Å². The van der Waals surface area contributed by atoms with Crippen molar-refractivity contribution in [3.8, 4) is 0 Å². The van der Waals surface area contributed by atoms with Gasteiger partial charge < -0.3 is 24.8 Å². The molecule has 0 aliphatic heterocycles. The number of rotatable bonds is 16. The van der Waals surface area contributed by atoms with Crippen LogP contribution in [-0.4, -0.2) is 0 Å². The van der Waals surface area contributed by atoms with E-state index in [2.05, 4.69) is 173 Å². The molecule has 0 N–H and O–H groups in total. The van der Waals surface area contributed by atoms with Crippen molar-refractivity contribution in [2.75, 3.05) is 0 Å². The zero-order chi connectivity index (χ0) is 37.3. The molecule has 4 aromatic rings. The summed E-state index contributed by atoms with van der Waals surface area (Å²) in [6.45, 7) is 9.20. The van der Waals surface area contributed by atoms with Crippen LogP contribution in [0.4, 0.5) is 0 Å². The number of benzene rings is 4. The number of unbranched alkanes of at least 4 members (excludes halogenated alkanes) is 4. The zero-order valence-corrected chi connectivity index (χ0v) is 40.0. The normalized spacial score (nSPS) is 19.2. The van der Waals surface area contributed by atoms with Crippen LogP contribution in [0.1, 0.15) is 173 Å². The predicted octanol–water partition coefficient (Wildman–Crippen LogP) is 10.8. The van der Waals surface area contributed by atoms with E-state index in [1.807, 2.05) is 0 Å². The van der Waals surface area contributed by atoms with E-state index in [-0.39, 0.29) is 51.0 Å². The topological polar surface area (TPSA) is 0 Å². The van der Waals surface area contributed by atoms with Crippen molar-refractivity contribution in [2.45, 2.75) is 128 Å².